The van der Waals surface area contributed by atoms with Gasteiger partial charge in [-0.1, -0.05) is 90.4 Å². The number of nitrogens with zero attached hydrogens (tertiary/aromatic N) is 5. The highest BCUT2D eigenvalue weighted by atomic mass is 35.5. The zero-order chi connectivity index (χ0) is 44.9. The highest BCUT2D eigenvalue weighted by Gasteiger charge is 2.43. The van der Waals surface area contributed by atoms with Crippen LogP contribution in [-0.2, 0) is 15.1 Å². The molecule has 3 unspecified atom stereocenters. The number of ether oxygens (including phenoxy) is 5. The lowest BCUT2D eigenvalue weighted by Crippen LogP contribution is -2.38. The summed E-state index contributed by atoms with van der Waals surface area (Å²) in [6.07, 6.45) is 2.63. The predicted molar refractivity (Wildman–Crippen MR) is 259 cm³/mol. The number of halogens is 1. The van der Waals surface area contributed by atoms with Crippen LogP contribution in [0, 0.1) is 0 Å². The molecule has 0 amide bonds. The number of hydrogen-bond acceptors (Lipinski definition) is 13. The Bertz CT molecular complexity index is 2860. The van der Waals surface area contributed by atoms with Crippen LogP contribution >= 0.6 is 35.1 Å². The topological polar surface area (TPSA) is 149 Å². The van der Waals surface area contributed by atoms with Gasteiger partial charge in [-0.05, 0) is 83.8 Å². The lowest BCUT2D eigenvalue weighted by atomic mass is 9.80. The van der Waals surface area contributed by atoms with Gasteiger partial charge >= 0.3 is 0 Å². The van der Waals surface area contributed by atoms with Gasteiger partial charge in [0, 0.05) is 38.9 Å². The number of unbranched alkanes of at least 4 members (excludes halogenated alkanes) is 2. The molecule has 8 aromatic rings. The molecule has 1 fully saturated rings. The minimum absolute atomic E-state index is 0.0713. The van der Waals surface area contributed by atoms with Crippen molar-refractivity contribution in [2.45, 2.75) is 59.8 Å². The van der Waals surface area contributed by atoms with Crippen LogP contribution in [0.4, 0.5) is 5.82 Å². The van der Waals surface area contributed by atoms with Gasteiger partial charge in [-0.2, -0.15) is 0 Å². The Labute approximate surface area is 390 Å². The third-order valence-electron chi connectivity index (χ3n) is 11.8. The number of aliphatic hydroxyl groups excluding tert-OH is 1. The monoisotopic (exact) mass is 928 g/mol. The van der Waals surface area contributed by atoms with Crippen LogP contribution in [0.3, 0.4) is 0 Å². The number of benzene rings is 5. The first-order valence-electron chi connectivity index (χ1n) is 21.4. The lowest BCUT2D eigenvalue weighted by Gasteiger charge is -2.37. The highest BCUT2D eigenvalue weighted by Crippen LogP contribution is 2.44. The van der Waals surface area contributed by atoms with Crippen LogP contribution in [0.25, 0.3) is 33.0 Å². The molecule has 5 aromatic carbocycles. The van der Waals surface area contributed by atoms with E-state index in [0.717, 1.165) is 86.5 Å². The number of nitrogens with two attached hydrogens (primary N) is 1. The number of aliphatic hydroxyl groups is 1. The number of hydrogen-bond donors (Lipinski definition) is 2. The molecule has 1 aliphatic heterocycles. The van der Waals surface area contributed by atoms with E-state index in [9.17, 15) is 5.11 Å². The van der Waals surface area contributed by atoms with Crippen LogP contribution in [-0.4, -0.2) is 81.3 Å². The molecular formula is C50H49ClN6O6S2. The second-order valence-corrected chi connectivity index (χ2v) is 18.3. The maximum atomic E-state index is 11.7. The summed E-state index contributed by atoms with van der Waals surface area (Å²) in [6, 6.07) is 37.7. The molecule has 0 radical (unpaired) electrons. The summed E-state index contributed by atoms with van der Waals surface area (Å²) in [6.45, 7) is 0.0713. The van der Waals surface area contributed by atoms with Crippen LogP contribution in [0.5, 0.6) is 17.2 Å². The van der Waals surface area contributed by atoms with E-state index in [1.54, 1.807) is 33.1 Å². The predicted octanol–water partition coefficient (Wildman–Crippen LogP) is 10.5. The molecule has 3 aromatic heterocycles. The van der Waals surface area contributed by atoms with Crippen molar-refractivity contribution < 1.29 is 28.8 Å². The first-order chi connectivity index (χ1) is 31.8. The Hall–Kier alpha value is -5.61. The number of imidazole rings is 1. The van der Waals surface area contributed by atoms with E-state index in [1.165, 1.54) is 11.2 Å². The smallest absolute Gasteiger partial charge is 0.172 e. The van der Waals surface area contributed by atoms with E-state index in [0.29, 0.717) is 27.8 Å². The standard InChI is InChI=1S/C50H49ClN6O6S2/c1-59-35-17-12-32(13-18-35)50(31-10-6-4-7-11-31,33-14-19-36(60-2)20-15-33)62-29-43-42(58)28-44(63-43)57-48-45(47(52)53-30-54-48)56-49(57)65-25-9-5-8-24-64-46-38-22-16-34(51)26-40(38)55-41-27-37(61-3)21-23-39(41)46/h4,6-7,10-23,26-27,30,42-44,58H,5,8-9,24-25,28-29H2,1-3H3,(H2,52,53,54). The van der Waals surface area contributed by atoms with E-state index in [-0.39, 0.29) is 12.4 Å². The summed E-state index contributed by atoms with van der Waals surface area (Å²) in [5.74, 6) is 4.26. The van der Waals surface area contributed by atoms with Crippen LogP contribution < -0.4 is 19.9 Å². The van der Waals surface area contributed by atoms with E-state index < -0.39 is 24.0 Å². The second-order valence-electron chi connectivity index (χ2n) is 15.7. The molecular weight excluding hydrogens is 880 g/mol. The van der Waals surface area contributed by atoms with Gasteiger partial charge in [-0.15, -0.1) is 11.8 Å². The minimum atomic E-state index is -1.08. The molecule has 12 nitrogen and oxygen atoms in total. The van der Waals surface area contributed by atoms with Gasteiger partial charge in [0.15, 0.2) is 22.1 Å². The molecule has 15 heteroatoms. The molecule has 3 atom stereocenters. The zero-order valence-electron chi connectivity index (χ0n) is 36.2. The average Bonchev–Trinajstić information content (AvgIpc) is 3.91. The minimum Gasteiger partial charge on any atom is -0.497 e. The molecule has 65 heavy (non-hydrogen) atoms. The van der Waals surface area contributed by atoms with Gasteiger partial charge in [0.1, 0.15) is 41.5 Å². The van der Waals surface area contributed by atoms with Crippen molar-refractivity contribution in [1.82, 2.24) is 24.5 Å². The van der Waals surface area contributed by atoms with Crippen molar-refractivity contribution in [2.75, 3.05) is 45.2 Å². The Morgan fingerprint density at radius 3 is 2.03 bits per heavy atom. The number of pyridine rings is 1. The summed E-state index contributed by atoms with van der Waals surface area (Å²) in [5.41, 5.74) is 10.8. The number of thioether (sulfide) groups is 2. The molecule has 0 aliphatic carbocycles. The Morgan fingerprint density at radius 1 is 0.738 bits per heavy atom. The molecule has 0 bridgehead atoms. The van der Waals surface area contributed by atoms with Gasteiger partial charge in [-0.3, -0.25) is 4.57 Å². The molecule has 9 rings (SSSR count). The fourth-order valence-electron chi connectivity index (χ4n) is 8.43. The van der Waals surface area contributed by atoms with Crippen LogP contribution in [0.15, 0.2) is 132 Å². The van der Waals surface area contributed by atoms with Crippen LogP contribution in [0.1, 0.15) is 48.6 Å². The highest BCUT2D eigenvalue weighted by molar-refractivity contribution is 7.99. The van der Waals surface area contributed by atoms with Crippen molar-refractivity contribution in [3.8, 4) is 17.2 Å². The maximum absolute atomic E-state index is 11.7. The van der Waals surface area contributed by atoms with E-state index in [2.05, 4.69) is 22.1 Å². The fourth-order valence-corrected chi connectivity index (χ4v) is 10.8. The molecule has 3 N–H and O–H groups in total. The quantitative estimate of drug-likeness (QED) is 0.0364. The Balaban J connectivity index is 0.904. The van der Waals surface area contributed by atoms with Gasteiger partial charge in [0.05, 0.1) is 45.1 Å². The van der Waals surface area contributed by atoms with Crippen molar-refractivity contribution in [2.24, 2.45) is 0 Å². The van der Waals surface area contributed by atoms with Crippen LogP contribution in [0.2, 0.25) is 5.02 Å². The molecule has 1 saturated heterocycles. The number of fused-ring (bicyclic) bond motifs is 3. The van der Waals surface area contributed by atoms with Crippen molar-refractivity contribution in [1.29, 1.82) is 0 Å². The first kappa shape index (κ1) is 44.6. The summed E-state index contributed by atoms with van der Waals surface area (Å²) < 4.78 is 32.4. The second kappa shape index (κ2) is 19.9. The summed E-state index contributed by atoms with van der Waals surface area (Å²) >= 11 is 9.84. The van der Waals surface area contributed by atoms with Gasteiger partial charge in [-0.25, -0.2) is 19.9 Å². The van der Waals surface area contributed by atoms with Gasteiger partial charge in [0.25, 0.3) is 0 Å². The number of methoxy groups -OCH3 is 3. The van der Waals surface area contributed by atoms with Gasteiger partial charge < -0.3 is 34.5 Å². The fraction of sp³-hybridized carbons (Fsp3) is 0.280. The van der Waals surface area contributed by atoms with E-state index in [4.69, 9.17) is 51.0 Å². The summed E-state index contributed by atoms with van der Waals surface area (Å²) in [5, 5.41) is 15.3. The lowest BCUT2D eigenvalue weighted by molar-refractivity contribution is -0.0943. The Kier molecular flexibility index (Phi) is 13.6. The normalized spacial score (nSPS) is 16.4. The molecule has 0 saturated carbocycles. The number of rotatable bonds is 18. The SMILES string of the molecule is COc1ccc(C(OCC2OC(n3c(SCCCCCSc4c5ccc(Cl)cc5nc5cc(OC)ccc45)nc4c(N)ncnc43)CC2O)(c2ccccc2)c2ccc(OC)cc2)cc1. The molecule has 0 spiro atoms. The van der Waals surface area contributed by atoms with Crippen molar-refractivity contribution in [3.63, 3.8) is 0 Å². The largest absolute Gasteiger partial charge is 0.497 e. The Morgan fingerprint density at radius 2 is 1.35 bits per heavy atom. The number of nitrogen functional groups attached to an aromatic ring is 1. The molecule has 334 valence electrons. The van der Waals surface area contributed by atoms with Crippen molar-refractivity contribution in [3.05, 3.63) is 143 Å². The average molecular weight is 930 g/mol. The van der Waals surface area contributed by atoms with E-state index >= 15 is 0 Å². The third kappa shape index (κ3) is 9.16. The first-order valence-corrected chi connectivity index (χ1v) is 23.8. The van der Waals surface area contributed by atoms with E-state index in [1.807, 2.05) is 119 Å². The zero-order valence-corrected chi connectivity index (χ0v) is 38.6. The van der Waals surface area contributed by atoms with Crippen molar-refractivity contribution >= 4 is 73.9 Å². The van der Waals surface area contributed by atoms with Gasteiger partial charge in [0.2, 0.25) is 0 Å². The summed E-state index contributed by atoms with van der Waals surface area (Å²) in [7, 11) is 4.96. The summed E-state index contributed by atoms with van der Waals surface area (Å²) in [4.78, 5) is 19.8. The molecule has 1 aliphatic rings. The number of anilines is 1. The number of aromatic nitrogens is 5. The third-order valence-corrected chi connectivity index (χ3v) is 14.3. The maximum Gasteiger partial charge on any atom is 0.172 e. The molecule has 4 heterocycles.